The number of fused-ring (bicyclic) bond motifs is 12. The highest BCUT2D eigenvalue weighted by molar-refractivity contribution is 7.00. The highest BCUT2D eigenvalue weighted by Gasteiger charge is 2.54. The number of hydrogen-bond acceptors (Lipinski definition) is 2. The second-order valence-corrected chi connectivity index (χ2v) is 29.9. The van der Waals surface area contributed by atoms with Crippen LogP contribution in [0.4, 0.5) is 34.1 Å². The molecule has 0 aromatic heterocycles. The van der Waals surface area contributed by atoms with E-state index in [1.165, 1.54) is 180 Å². The van der Waals surface area contributed by atoms with Crippen LogP contribution in [0.15, 0.2) is 115 Å². The predicted octanol–water partition coefficient (Wildman–Crippen LogP) is 18.3. The minimum Gasteiger partial charge on any atom is -0.311 e. The Kier molecular flexibility index (Phi) is 10.5. The van der Waals surface area contributed by atoms with Gasteiger partial charge in [-0.25, -0.2) is 0 Å². The quantitative estimate of drug-likeness (QED) is 0.163. The smallest absolute Gasteiger partial charge is 0.252 e. The fourth-order valence-corrected chi connectivity index (χ4v) is 16.8. The summed E-state index contributed by atoms with van der Waals surface area (Å²) >= 11 is 0. The molecule has 0 radical (unpaired) electrons. The molecule has 14 rings (SSSR count). The molecule has 0 N–H and O–H groups in total. The average molecular weight is 1020 g/mol. The van der Waals surface area contributed by atoms with Crippen molar-refractivity contribution in [2.24, 2.45) is 5.41 Å². The van der Waals surface area contributed by atoms with Gasteiger partial charge < -0.3 is 9.80 Å². The molecule has 0 spiro atoms. The monoisotopic (exact) mass is 1020 g/mol. The Bertz CT molecular complexity index is 3790. The minimum absolute atomic E-state index is 0.0126. The van der Waals surface area contributed by atoms with Gasteiger partial charge in [-0.05, 0) is 228 Å². The summed E-state index contributed by atoms with van der Waals surface area (Å²) in [5, 5.41) is 0. The van der Waals surface area contributed by atoms with Gasteiger partial charge in [0.15, 0.2) is 0 Å². The van der Waals surface area contributed by atoms with Crippen molar-refractivity contribution in [1.82, 2.24) is 0 Å². The lowest BCUT2D eigenvalue weighted by Gasteiger charge is -2.55. The van der Waals surface area contributed by atoms with Crippen LogP contribution < -0.4 is 26.2 Å². The number of anilines is 6. The maximum atomic E-state index is 2.78. The third kappa shape index (κ3) is 7.00. The summed E-state index contributed by atoms with van der Waals surface area (Å²) in [6.45, 7) is 37.2. The van der Waals surface area contributed by atoms with Gasteiger partial charge in [-0.2, -0.15) is 0 Å². The maximum Gasteiger partial charge on any atom is 0.252 e. The van der Waals surface area contributed by atoms with E-state index in [9.17, 15) is 0 Å². The van der Waals surface area contributed by atoms with Gasteiger partial charge in [-0.1, -0.05) is 182 Å². The Balaban J connectivity index is 1.07. The molecule has 78 heavy (non-hydrogen) atoms. The van der Waals surface area contributed by atoms with Crippen LogP contribution >= 0.6 is 0 Å². The number of rotatable bonds is 3. The number of benzene rings is 7. The van der Waals surface area contributed by atoms with Gasteiger partial charge in [-0.15, -0.1) is 0 Å². The largest absolute Gasteiger partial charge is 0.311 e. The Morgan fingerprint density at radius 3 is 1.73 bits per heavy atom. The summed E-state index contributed by atoms with van der Waals surface area (Å²) in [6, 6.07) is 47.6. The minimum atomic E-state index is -0.0345. The number of hydrogen-bond donors (Lipinski definition) is 0. The molecule has 0 amide bonds. The topological polar surface area (TPSA) is 6.48 Å². The normalized spacial score (nSPS) is 23.1. The van der Waals surface area contributed by atoms with Crippen molar-refractivity contribution in [2.75, 3.05) is 9.80 Å². The first-order chi connectivity index (χ1) is 36.8. The van der Waals surface area contributed by atoms with Crippen molar-refractivity contribution >= 4 is 68.9 Å². The van der Waals surface area contributed by atoms with Crippen LogP contribution in [0, 0.1) is 19.3 Å². The van der Waals surface area contributed by atoms with Gasteiger partial charge >= 0.3 is 0 Å². The molecule has 2 heterocycles. The van der Waals surface area contributed by atoms with Gasteiger partial charge in [0.2, 0.25) is 0 Å². The lowest BCUT2D eigenvalue weighted by molar-refractivity contribution is 0.149. The zero-order valence-corrected chi connectivity index (χ0v) is 49.9. The van der Waals surface area contributed by atoms with Gasteiger partial charge in [0.1, 0.15) is 0 Å². The van der Waals surface area contributed by atoms with Crippen molar-refractivity contribution in [2.45, 2.75) is 194 Å². The average Bonchev–Trinajstić information content (AvgIpc) is 2.83. The van der Waals surface area contributed by atoms with Crippen molar-refractivity contribution in [3.8, 4) is 11.1 Å². The molecular weight excluding hydrogens is 940 g/mol. The molecule has 2 nitrogen and oxygen atoms in total. The molecule has 1 saturated carbocycles. The number of allylic oxidation sites excluding steroid dienone is 1. The van der Waals surface area contributed by atoms with Crippen LogP contribution in [0.2, 0.25) is 0 Å². The Morgan fingerprint density at radius 1 is 0.462 bits per heavy atom. The first-order valence-electron chi connectivity index (χ1n) is 30.1. The van der Waals surface area contributed by atoms with Crippen LogP contribution in [0.1, 0.15) is 208 Å². The summed E-state index contributed by atoms with van der Waals surface area (Å²) < 4.78 is 0. The van der Waals surface area contributed by atoms with E-state index in [4.69, 9.17) is 0 Å². The first-order valence-corrected chi connectivity index (χ1v) is 30.1. The van der Waals surface area contributed by atoms with Gasteiger partial charge in [-0.3, -0.25) is 0 Å². The molecule has 396 valence electrons. The standard InChI is InChI=1S/C75H83BN2/c1-45-34-66-68-67(35-45)78(63-43-59-57(36-46(63)2)70(6,7)30-32-72(59,10)11)64-39-50(55-38-49-22-25-51(69(3,4)5)40-56(49)75(15)29-19-18-28-74(55,75)14)24-27-61(64)76(68)62-42-58-60(73(12,13)33-31-71(58,8)9)44-65(62)77(66)52-26-23-48-37-47-20-16-17-21-53(47)54(48)41-52/h16-17,20-27,34-36,38-44H,18-19,28-33,37H2,1-15H3. The van der Waals surface area contributed by atoms with E-state index >= 15 is 0 Å². The zero-order valence-electron chi connectivity index (χ0n) is 49.9. The fraction of sp³-hybridized carbons (Fsp3) is 0.413. The summed E-state index contributed by atoms with van der Waals surface area (Å²) in [5.41, 5.74) is 34.0. The van der Waals surface area contributed by atoms with Crippen molar-refractivity contribution in [1.29, 1.82) is 0 Å². The van der Waals surface area contributed by atoms with E-state index < -0.39 is 0 Å². The second-order valence-electron chi connectivity index (χ2n) is 29.9. The maximum absolute atomic E-state index is 2.78. The molecular formula is C75H83BN2. The Hall–Kier alpha value is -6.06. The fourth-order valence-electron chi connectivity index (χ4n) is 16.8. The molecule has 2 atom stereocenters. The lowest BCUT2D eigenvalue weighted by atomic mass is 9.33. The molecule has 1 fully saturated rings. The van der Waals surface area contributed by atoms with E-state index in [-0.39, 0.29) is 44.6 Å². The van der Waals surface area contributed by atoms with Crippen molar-refractivity contribution in [3.63, 3.8) is 0 Å². The van der Waals surface area contributed by atoms with E-state index in [0.717, 1.165) is 6.42 Å². The summed E-state index contributed by atoms with van der Waals surface area (Å²) in [7, 11) is 0. The van der Waals surface area contributed by atoms with Gasteiger partial charge in [0, 0.05) is 45.0 Å². The van der Waals surface area contributed by atoms with Crippen LogP contribution in [-0.4, -0.2) is 6.71 Å². The van der Waals surface area contributed by atoms with Crippen molar-refractivity contribution in [3.05, 3.63) is 182 Å². The van der Waals surface area contributed by atoms with Crippen LogP contribution in [0.5, 0.6) is 0 Å². The first kappa shape index (κ1) is 50.2. The van der Waals surface area contributed by atoms with Crippen molar-refractivity contribution < 1.29 is 0 Å². The van der Waals surface area contributed by atoms with Crippen LogP contribution in [-0.2, 0) is 38.9 Å². The molecule has 7 aromatic rings. The lowest BCUT2D eigenvalue weighted by Crippen LogP contribution is -2.62. The Labute approximate surface area is 468 Å². The van der Waals surface area contributed by atoms with E-state index in [0.29, 0.717) is 0 Å². The molecule has 2 unspecified atom stereocenters. The van der Waals surface area contributed by atoms with E-state index in [1.807, 2.05) is 0 Å². The summed E-state index contributed by atoms with van der Waals surface area (Å²) in [5.74, 6) is 0. The number of nitrogens with zero attached hydrogens (tertiary/aromatic N) is 2. The third-order valence-corrected chi connectivity index (χ3v) is 22.2. The highest BCUT2D eigenvalue weighted by atomic mass is 15.2. The van der Waals surface area contributed by atoms with Crippen LogP contribution in [0.25, 0.3) is 22.8 Å². The van der Waals surface area contributed by atoms with Crippen LogP contribution in [0.3, 0.4) is 0 Å². The molecule has 5 aliphatic carbocycles. The zero-order chi connectivity index (χ0) is 54.6. The SMILES string of the molecule is Cc1cc2c3c(c1)N(c1cc4c(cc1C)C(C)(C)CCC4(C)C)c1cc(C4=Cc5ccc(C(C)(C)C)cc5C5(C)CCCCC45C)ccc1B3c1cc3c(cc1N2c1ccc2c(c1)-c1ccccc1C2)C(C)(C)CCC3(C)C. The molecule has 7 aromatic carbocycles. The third-order valence-electron chi connectivity index (χ3n) is 22.2. The van der Waals surface area contributed by atoms with Gasteiger partial charge in [0.25, 0.3) is 6.71 Å². The molecule has 0 saturated heterocycles. The predicted molar refractivity (Wildman–Crippen MR) is 336 cm³/mol. The second kappa shape index (κ2) is 16.3. The number of aryl methyl sites for hydroxylation is 2. The van der Waals surface area contributed by atoms with E-state index in [2.05, 4.69) is 235 Å². The highest BCUT2D eigenvalue weighted by Crippen LogP contribution is 2.63. The molecule has 7 aliphatic rings. The van der Waals surface area contributed by atoms with E-state index in [1.54, 1.807) is 5.56 Å². The Morgan fingerprint density at radius 2 is 1.05 bits per heavy atom. The summed E-state index contributed by atoms with van der Waals surface area (Å²) in [6.07, 6.45) is 13.3. The van der Waals surface area contributed by atoms with Gasteiger partial charge in [0.05, 0.1) is 0 Å². The molecule has 0 bridgehead atoms. The molecule has 3 heteroatoms. The molecule has 2 aliphatic heterocycles. The summed E-state index contributed by atoms with van der Waals surface area (Å²) in [4.78, 5) is 5.48.